The van der Waals surface area contributed by atoms with E-state index in [1.54, 1.807) is 41.3 Å². The normalized spacial score (nSPS) is 14.3. The van der Waals surface area contributed by atoms with Crippen molar-refractivity contribution in [3.05, 3.63) is 65.2 Å². The molecule has 28 heavy (non-hydrogen) atoms. The van der Waals surface area contributed by atoms with Gasteiger partial charge < -0.3 is 10.2 Å². The predicted octanol–water partition coefficient (Wildman–Crippen LogP) is 2.55. The Kier molecular flexibility index (Phi) is 4.89. The lowest BCUT2D eigenvalue weighted by Gasteiger charge is -2.27. The molecular formula is C21H20N4O3. The molecule has 1 fully saturated rings. The first-order valence-corrected chi connectivity index (χ1v) is 9.26. The number of fused-ring (bicyclic) bond motifs is 1. The summed E-state index contributed by atoms with van der Waals surface area (Å²) in [5.41, 5.74) is 1.70. The summed E-state index contributed by atoms with van der Waals surface area (Å²) >= 11 is 0. The molecule has 0 bridgehead atoms. The molecule has 0 spiro atoms. The Labute approximate surface area is 161 Å². The Morgan fingerprint density at radius 2 is 1.93 bits per heavy atom. The molecule has 7 heteroatoms. The van der Waals surface area contributed by atoms with E-state index in [4.69, 9.17) is 0 Å². The fraction of sp³-hybridized carbons (Fsp3) is 0.238. The smallest absolute Gasteiger partial charge is 0.261 e. The molecule has 0 unspecified atom stereocenters. The summed E-state index contributed by atoms with van der Waals surface area (Å²) in [5.74, 6) is -0.232. The maximum atomic E-state index is 12.5. The topological polar surface area (TPSA) is 84.3 Å². The van der Waals surface area contributed by atoms with Crippen molar-refractivity contribution in [3.63, 3.8) is 0 Å². The largest absolute Gasteiger partial charge is 0.324 e. The van der Waals surface area contributed by atoms with E-state index < -0.39 is 0 Å². The molecule has 0 radical (unpaired) electrons. The Morgan fingerprint density at radius 1 is 1.07 bits per heavy atom. The van der Waals surface area contributed by atoms with Crippen LogP contribution in [-0.2, 0) is 16.1 Å². The lowest BCUT2D eigenvalue weighted by Crippen LogP contribution is -2.35. The first-order chi connectivity index (χ1) is 13.6. The maximum Gasteiger partial charge on any atom is 0.261 e. The number of aromatic nitrogens is 2. The number of benzene rings is 2. The third kappa shape index (κ3) is 3.64. The van der Waals surface area contributed by atoms with E-state index in [1.165, 1.54) is 10.9 Å². The highest BCUT2D eigenvalue weighted by Gasteiger charge is 2.19. The number of nitrogens with one attached hydrogen (secondary N) is 1. The van der Waals surface area contributed by atoms with Gasteiger partial charge in [-0.3, -0.25) is 19.0 Å². The number of hydrogen-bond acceptors (Lipinski definition) is 4. The SMILES string of the molecule is O=C(Cn1cnc2ccccc2c1=O)Nc1cccc(N2CCCCC2=O)c1. The Bertz CT molecular complexity index is 1110. The summed E-state index contributed by atoms with van der Waals surface area (Å²) in [6, 6.07) is 14.2. The first-order valence-electron chi connectivity index (χ1n) is 9.26. The van der Waals surface area contributed by atoms with Crippen molar-refractivity contribution >= 4 is 34.1 Å². The number of carbonyl (C=O) groups is 2. The molecule has 1 saturated heterocycles. The number of carbonyl (C=O) groups excluding carboxylic acids is 2. The second kappa shape index (κ2) is 7.64. The summed E-state index contributed by atoms with van der Waals surface area (Å²) in [7, 11) is 0. The van der Waals surface area contributed by atoms with Crippen molar-refractivity contribution in [2.24, 2.45) is 0 Å². The number of nitrogens with zero attached hydrogens (tertiary/aromatic N) is 3. The first kappa shape index (κ1) is 17.9. The van der Waals surface area contributed by atoms with Gasteiger partial charge in [-0.1, -0.05) is 18.2 Å². The number of hydrogen-bond donors (Lipinski definition) is 1. The fourth-order valence-corrected chi connectivity index (χ4v) is 3.40. The Balaban J connectivity index is 1.50. The van der Waals surface area contributed by atoms with Crippen LogP contribution >= 0.6 is 0 Å². The van der Waals surface area contributed by atoms with Crippen LogP contribution in [0.25, 0.3) is 10.9 Å². The molecule has 142 valence electrons. The summed E-state index contributed by atoms with van der Waals surface area (Å²) in [5, 5.41) is 3.27. The monoisotopic (exact) mass is 376 g/mol. The lowest BCUT2D eigenvalue weighted by molar-refractivity contribution is -0.119. The minimum Gasteiger partial charge on any atom is -0.324 e. The minimum absolute atomic E-state index is 0.100. The van der Waals surface area contributed by atoms with Crippen LogP contribution in [0.4, 0.5) is 11.4 Å². The van der Waals surface area contributed by atoms with E-state index in [2.05, 4.69) is 10.3 Å². The molecule has 3 aromatic rings. The summed E-state index contributed by atoms with van der Waals surface area (Å²) in [6.07, 6.45) is 3.82. The minimum atomic E-state index is -0.332. The van der Waals surface area contributed by atoms with E-state index in [9.17, 15) is 14.4 Å². The zero-order chi connectivity index (χ0) is 19.5. The van der Waals surface area contributed by atoms with Crippen LogP contribution in [0.3, 0.4) is 0 Å². The van der Waals surface area contributed by atoms with Crippen molar-refractivity contribution in [2.45, 2.75) is 25.8 Å². The third-order valence-electron chi connectivity index (χ3n) is 4.81. The van der Waals surface area contributed by atoms with Crippen LogP contribution in [0.2, 0.25) is 0 Å². The van der Waals surface area contributed by atoms with Crippen molar-refractivity contribution < 1.29 is 9.59 Å². The highest BCUT2D eigenvalue weighted by molar-refractivity contribution is 5.96. The molecule has 0 atom stereocenters. The van der Waals surface area contributed by atoms with Gasteiger partial charge in [0.25, 0.3) is 5.56 Å². The number of amides is 2. The molecule has 4 rings (SSSR count). The van der Waals surface area contributed by atoms with Crippen molar-refractivity contribution in [2.75, 3.05) is 16.8 Å². The quantitative estimate of drug-likeness (QED) is 0.758. The van der Waals surface area contributed by atoms with E-state index in [-0.39, 0.29) is 23.9 Å². The molecule has 0 aliphatic carbocycles. The lowest BCUT2D eigenvalue weighted by atomic mass is 10.1. The molecule has 1 aliphatic rings. The van der Waals surface area contributed by atoms with Gasteiger partial charge in [-0.05, 0) is 43.2 Å². The molecule has 0 saturated carbocycles. The average molecular weight is 376 g/mol. The van der Waals surface area contributed by atoms with Crippen molar-refractivity contribution in [1.29, 1.82) is 0 Å². The zero-order valence-electron chi connectivity index (χ0n) is 15.3. The molecule has 1 N–H and O–H groups in total. The van der Waals surface area contributed by atoms with Crippen molar-refractivity contribution in [1.82, 2.24) is 9.55 Å². The van der Waals surface area contributed by atoms with Gasteiger partial charge >= 0.3 is 0 Å². The standard InChI is InChI=1S/C21H20N4O3/c26-19(13-24-14-22-18-9-2-1-8-17(18)21(24)28)23-15-6-5-7-16(12-15)25-11-4-3-10-20(25)27/h1-2,5-9,12,14H,3-4,10-11,13H2,(H,23,26). The molecule has 2 amide bonds. The molecule has 2 heterocycles. The summed E-state index contributed by atoms with van der Waals surface area (Å²) < 4.78 is 1.29. The van der Waals surface area contributed by atoms with Crippen LogP contribution in [0.5, 0.6) is 0 Å². The van der Waals surface area contributed by atoms with Crippen molar-refractivity contribution in [3.8, 4) is 0 Å². The van der Waals surface area contributed by atoms with Gasteiger partial charge in [0, 0.05) is 24.3 Å². The molecule has 7 nitrogen and oxygen atoms in total. The van der Waals surface area contributed by atoms with Crippen LogP contribution < -0.4 is 15.8 Å². The fourth-order valence-electron chi connectivity index (χ4n) is 3.40. The van der Waals surface area contributed by atoms with E-state index in [0.29, 0.717) is 29.6 Å². The van der Waals surface area contributed by atoms with Gasteiger partial charge in [0.2, 0.25) is 11.8 Å². The second-order valence-electron chi connectivity index (χ2n) is 6.80. The number of para-hydroxylation sites is 1. The molecular weight excluding hydrogens is 356 g/mol. The molecule has 1 aliphatic heterocycles. The van der Waals surface area contributed by atoms with Crippen LogP contribution in [0, 0.1) is 0 Å². The van der Waals surface area contributed by atoms with Gasteiger partial charge in [-0.2, -0.15) is 0 Å². The Morgan fingerprint density at radius 3 is 2.79 bits per heavy atom. The van der Waals surface area contributed by atoms with Gasteiger partial charge in [-0.15, -0.1) is 0 Å². The second-order valence-corrected chi connectivity index (χ2v) is 6.80. The molecule has 2 aromatic carbocycles. The number of piperidine rings is 1. The average Bonchev–Trinajstić information content (AvgIpc) is 2.71. The highest BCUT2D eigenvalue weighted by Crippen LogP contribution is 2.23. The van der Waals surface area contributed by atoms with Crippen LogP contribution in [0.1, 0.15) is 19.3 Å². The number of anilines is 2. The van der Waals surface area contributed by atoms with E-state index >= 15 is 0 Å². The highest BCUT2D eigenvalue weighted by atomic mass is 16.2. The predicted molar refractivity (Wildman–Crippen MR) is 107 cm³/mol. The summed E-state index contributed by atoms with van der Waals surface area (Å²) in [4.78, 5) is 43.0. The van der Waals surface area contributed by atoms with Gasteiger partial charge in [0.1, 0.15) is 6.54 Å². The van der Waals surface area contributed by atoms with E-state index in [0.717, 1.165) is 18.5 Å². The Hall–Kier alpha value is -3.48. The van der Waals surface area contributed by atoms with E-state index in [1.807, 2.05) is 12.1 Å². The maximum absolute atomic E-state index is 12.5. The van der Waals surface area contributed by atoms with Crippen LogP contribution in [0.15, 0.2) is 59.7 Å². The van der Waals surface area contributed by atoms with Gasteiger partial charge in [-0.25, -0.2) is 4.98 Å². The number of rotatable bonds is 4. The summed E-state index contributed by atoms with van der Waals surface area (Å²) in [6.45, 7) is 0.553. The third-order valence-corrected chi connectivity index (χ3v) is 4.81. The van der Waals surface area contributed by atoms with Crippen LogP contribution in [-0.4, -0.2) is 27.9 Å². The van der Waals surface area contributed by atoms with Gasteiger partial charge in [0.15, 0.2) is 0 Å². The van der Waals surface area contributed by atoms with Gasteiger partial charge in [0.05, 0.1) is 17.2 Å². The zero-order valence-corrected chi connectivity index (χ0v) is 15.3. The molecule has 1 aromatic heterocycles.